The zero-order valence-corrected chi connectivity index (χ0v) is 10.8. The van der Waals surface area contributed by atoms with Crippen LogP contribution in [-0.4, -0.2) is 20.8 Å². The number of aromatic nitrogens is 3. The molecule has 102 valence electrons. The number of ether oxygens (including phenoxy) is 1. The van der Waals surface area contributed by atoms with Crippen LogP contribution in [0.25, 0.3) is 5.65 Å². The Kier molecular flexibility index (Phi) is 3.12. The SMILES string of the molecule is Nc1cccc(OCCn2nc3ccccn3c2=O)c1. The van der Waals surface area contributed by atoms with Gasteiger partial charge in [0.05, 0.1) is 6.54 Å². The summed E-state index contributed by atoms with van der Waals surface area (Å²) >= 11 is 0. The fourth-order valence-corrected chi connectivity index (χ4v) is 1.97. The van der Waals surface area contributed by atoms with Gasteiger partial charge in [-0.05, 0) is 24.3 Å². The fraction of sp³-hybridized carbons (Fsp3) is 0.143. The normalized spacial score (nSPS) is 10.8. The molecule has 0 aliphatic rings. The minimum absolute atomic E-state index is 0.170. The Morgan fingerprint density at radius 1 is 1.20 bits per heavy atom. The topological polar surface area (TPSA) is 74.6 Å². The van der Waals surface area contributed by atoms with E-state index in [4.69, 9.17) is 10.5 Å². The van der Waals surface area contributed by atoms with Gasteiger partial charge in [0.25, 0.3) is 0 Å². The molecule has 0 aliphatic heterocycles. The first-order valence-electron chi connectivity index (χ1n) is 6.26. The van der Waals surface area contributed by atoms with Crippen molar-refractivity contribution in [2.45, 2.75) is 6.54 Å². The number of fused-ring (bicyclic) bond motifs is 1. The molecule has 3 aromatic rings. The highest BCUT2D eigenvalue weighted by Gasteiger charge is 2.05. The number of nitrogen functional groups attached to an aromatic ring is 1. The zero-order chi connectivity index (χ0) is 13.9. The van der Waals surface area contributed by atoms with Gasteiger partial charge in [0.2, 0.25) is 0 Å². The van der Waals surface area contributed by atoms with Gasteiger partial charge < -0.3 is 10.5 Å². The van der Waals surface area contributed by atoms with E-state index in [9.17, 15) is 4.79 Å². The molecule has 0 amide bonds. The van der Waals surface area contributed by atoms with Gasteiger partial charge in [-0.3, -0.25) is 4.40 Å². The van der Waals surface area contributed by atoms with Gasteiger partial charge in [-0.25, -0.2) is 9.48 Å². The number of rotatable bonds is 4. The second-order valence-corrected chi connectivity index (χ2v) is 4.36. The molecule has 2 heterocycles. The van der Waals surface area contributed by atoms with Crippen LogP contribution in [0.1, 0.15) is 0 Å². The average Bonchev–Trinajstić information content (AvgIpc) is 2.76. The number of pyridine rings is 1. The summed E-state index contributed by atoms with van der Waals surface area (Å²) in [7, 11) is 0. The predicted octanol–water partition coefficient (Wildman–Crippen LogP) is 1.16. The van der Waals surface area contributed by atoms with Crippen LogP contribution in [0.2, 0.25) is 0 Å². The molecule has 1 aromatic carbocycles. The number of anilines is 1. The Morgan fingerprint density at radius 2 is 2.10 bits per heavy atom. The largest absolute Gasteiger partial charge is 0.492 e. The molecule has 0 saturated carbocycles. The number of nitrogens with zero attached hydrogens (tertiary/aromatic N) is 3. The van der Waals surface area contributed by atoms with E-state index in [-0.39, 0.29) is 5.69 Å². The first-order valence-corrected chi connectivity index (χ1v) is 6.26. The Balaban J connectivity index is 1.71. The number of benzene rings is 1. The van der Waals surface area contributed by atoms with Gasteiger partial charge in [0.1, 0.15) is 12.4 Å². The maximum atomic E-state index is 12.0. The van der Waals surface area contributed by atoms with Gasteiger partial charge in [0, 0.05) is 18.0 Å². The van der Waals surface area contributed by atoms with Crippen LogP contribution in [-0.2, 0) is 6.54 Å². The molecule has 0 spiro atoms. The lowest BCUT2D eigenvalue weighted by atomic mass is 10.3. The molecule has 6 nitrogen and oxygen atoms in total. The van der Waals surface area contributed by atoms with Crippen molar-refractivity contribution in [2.24, 2.45) is 0 Å². The second-order valence-electron chi connectivity index (χ2n) is 4.36. The van der Waals surface area contributed by atoms with E-state index in [1.54, 1.807) is 30.5 Å². The number of hydrogen-bond donors (Lipinski definition) is 1. The van der Waals surface area contributed by atoms with Crippen molar-refractivity contribution in [1.29, 1.82) is 0 Å². The molecule has 6 heteroatoms. The van der Waals surface area contributed by atoms with Crippen LogP contribution in [0, 0.1) is 0 Å². The molecule has 20 heavy (non-hydrogen) atoms. The van der Waals surface area contributed by atoms with Gasteiger partial charge in [-0.15, -0.1) is 5.10 Å². The summed E-state index contributed by atoms with van der Waals surface area (Å²) in [6.07, 6.45) is 1.69. The van der Waals surface area contributed by atoms with Crippen LogP contribution in [0.3, 0.4) is 0 Å². The molecule has 2 N–H and O–H groups in total. The van der Waals surface area contributed by atoms with E-state index >= 15 is 0 Å². The van der Waals surface area contributed by atoms with Crippen LogP contribution >= 0.6 is 0 Å². The van der Waals surface area contributed by atoms with Crippen molar-refractivity contribution < 1.29 is 4.74 Å². The van der Waals surface area contributed by atoms with Crippen molar-refractivity contribution in [3.8, 4) is 5.75 Å². The zero-order valence-electron chi connectivity index (χ0n) is 10.8. The van der Waals surface area contributed by atoms with Gasteiger partial charge in [-0.2, -0.15) is 0 Å². The first kappa shape index (κ1) is 12.3. The fourth-order valence-electron chi connectivity index (χ4n) is 1.97. The highest BCUT2D eigenvalue weighted by Crippen LogP contribution is 2.14. The summed E-state index contributed by atoms with van der Waals surface area (Å²) in [6, 6.07) is 12.6. The summed E-state index contributed by atoms with van der Waals surface area (Å²) in [5, 5.41) is 4.22. The monoisotopic (exact) mass is 270 g/mol. The van der Waals surface area contributed by atoms with E-state index in [2.05, 4.69) is 5.10 Å². The molecule has 0 unspecified atom stereocenters. The molecule has 0 atom stereocenters. The van der Waals surface area contributed by atoms with E-state index < -0.39 is 0 Å². The molecule has 2 aromatic heterocycles. The van der Waals surface area contributed by atoms with Gasteiger partial charge >= 0.3 is 5.69 Å². The summed E-state index contributed by atoms with van der Waals surface area (Å²) in [4.78, 5) is 12.0. The third-order valence-corrected chi connectivity index (χ3v) is 2.92. The van der Waals surface area contributed by atoms with Crippen molar-refractivity contribution in [3.63, 3.8) is 0 Å². The Labute approximate surface area is 115 Å². The van der Waals surface area contributed by atoms with Crippen LogP contribution in [0.5, 0.6) is 5.75 Å². The van der Waals surface area contributed by atoms with Crippen LogP contribution in [0.4, 0.5) is 5.69 Å². The van der Waals surface area contributed by atoms with Gasteiger partial charge in [0.15, 0.2) is 5.65 Å². The maximum absolute atomic E-state index is 12.0. The van der Waals surface area contributed by atoms with Crippen molar-refractivity contribution >= 4 is 11.3 Å². The Morgan fingerprint density at radius 3 is 2.90 bits per heavy atom. The van der Waals surface area contributed by atoms with E-state index in [1.807, 2.05) is 18.2 Å². The smallest absolute Gasteiger partial charge is 0.350 e. The standard InChI is InChI=1S/C14H14N4O2/c15-11-4-3-5-12(10-11)20-9-8-18-14(19)17-7-2-1-6-13(17)16-18/h1-7,10H,8-9,15H2. The summed E-state index contributed by atoms with van der Waals surface area (Å²) in [5.41, 5.74) is 6.77. The molecule has 0 aliphatic carbocycles. The van der Waals surface area contributed by atoms with E-state index in [0.717, 1.165) is 0 Å². The lowest BCUT2D eigenvalue weighted by molar-refractivity contribution is 0.289. The minimum Gasteiger partial charge on any atom is -0.492 e. The minimum atomic E-state index is -0.170. The predicted molar refractivity (Wildman–Crippen MR) is 75.8 cm³/mol. The second kappa shape index (κ2) is 5.08. The highest BCUT2D eigenvalue weighted by atomic mass is 16.5. The molecule has 0 fully saturated rings. The molecule has 0 radical (unpaired) electrons. The van der Waals surface area contributed by atoms with Crippen LogP contribution < -0.4 is 16.2 Å². The quantitative estimate of drug-likeness (QED) is 0.722. The number of nitrogens with two attached hydrogens (primary N) is 1. The third-order valence-electron chi connectivity index (χ3n) is 2.92. The van der Waals surface area contributed by atoms with E-state index in [1.165, 1.54) is 9.08 Å². The van der Waals surface area contributed by atoms with E-state index in [0.29, 0.717) is 30.2 Å². The van der Waals surface area contributed by atoms with Crippen LogP contribution in [0.15, 0.2) is 53.5 Å². The number of hydrogen-bond acceptors (Lipinski definition) is 4. The first-order chi connectivity index (χ1) is 9.74. The summed E-state index contributed by atoms with van der Waals surface area (Å²) < 4.78 is 8.44. The van der Waals surface area contributed by atoms with Crippen molar-refractivity contribution in [1.82, 2.24) is 14.2 Å². The lowest BCUT2D eigenvalue weighted by Gasteiger charge is -2.05. The molecule has 0 bridgehead atoms. The molecular formula is C14H14N4O2. The summed E-state index contributed by atoms with van der Waals surface area (Å²) in [5.74, 6) is 0.682. The lowest BCUT2D eigenvalue weighted by Crippen LogP contribution is -2.23. The average molecular weight is 270 g/mol. The molecule has 3 rings (SSSR count). The molecular weight excluding hydrogens is 256 g/mol. The summed E-state index contributed by atoms with van der Waals surface area (Å²) in [6.45, 7) is 0.739. The van der Waals surface area contributed by atoms with Crippen molar-refractivity contribution in [3.05, 3.63) is 59.1 Å². The molecule has 0 saturated heterocycles. The Hall–Kier alpha value is -2.76. The Bertz CT molecular complexity index is 791. The maximum Gasteiger partial charge on any atom is 0.350 e. The van der Waals surface area contributed by atoms with Gasteiger partial charge in [-0.1, -0.05) is 12.1 Å². The third kappa shape index (κ3) is 2.35. The van der Waals surface area contributed by atoms with Crippen molar-refractivity contribution in [2.75, 3.05) is 12.3 Å². The highest BCUT2D eigenvalue weighted by molar-refractivity contribution is 5.43.